The monoisotopic (exact) mass is 343 g/mol. The van der Waals surface area contributed by atoms with Crippen LogP contribution in [0.25, 0.3) is 0 Å². The number of aromatic nitrogens is 1. The van der Waals surface area contributed by atoms with E-state index in [1.807, 2.05) is 43.0 Å². The van der Waals surface area contributed by atoms with Crippen molar-refractivity contribution in [2.75, 3.05) is 12.4 Å². The minimum Gasteiger partial charge on any atom is -0.478 e. The molecule has 0 radical (unpaired) electrons. The van der Waals surface area contributed by atoms with Gasteiger partial charge in [-0.3, -0.25) is 0 Å². The molecule has 5 nitrogen and oxygen atoms in total. The fraction of sp³-hybridized carbons (Fsp3) is 0.333. The number of hydrogen-bond acceptors (Lipinski definition) is 4. The highest BCUT2D eigenvalue weighted by Crippen LogP contribution is 2.35. The van der Waals surface area contributed by atoms with E-state index in [1.54, 1.807) is 6.20 Å². The quantitative estimate of drug-likeness (QED) is 0.872. The van der Waals surface area contributed by atoms with Gasteiger partial charge in [-0.1, -0.05) is 24.3 Å². The van der Waals surface area contributed by atoms with Gasteiger partial charge in [0.2, 0.25) is 5.88 Å². The number of ether oxygens (including phenoxy) is 1. The Balaban J connectivity index is 1.59. The van der Waals surface area contributed by atoms with Crippen molar-refractivity contribution in [2.24, 2.45) is 0 Å². The summed E-state index contributed by atoms with van der Waals surface area (Å²) in [7, 11) is 0. The number of fused-ring (bicyclic) bond motifs is 1. The van der Waals surface area contributed by atoms with Crippen molar-refractivity contribution in [1.29, 1.82) is 0 Å². The molecule has 126 valence electrons. The minimum absolute atomic E-state index is 0.0581. The van der Waals surface area contributed by atoms with Crippen LogP contribution in [0.1, 0.15) is 30.5 Å². The number of pyridine rings is 1. The van der Waals surface area contributed by atoms with Crippen molar-refractivity contribution < 1.29 is 9.53 Å². The van der Waals surface area contributed by atoms with Crippen LogP contribution in [0.15, 0.2) is 47.5 Å². The summed E-state index contributed by atoms with van der Waals surface area (Å²) in [6.45, 7) is 2.85. The number of carbonyl (C=O) groups excluding carboxylic acids is 1. The SMILES string of the molecule is CCOc1ncccc1CNC(=O)N[C@H]1CCSc2ccccc21. The second-order valence-corrected chi connectivity index (χ2v) is 6.59. The van der Waals surface area contributed by atoms with Gasteiger partial charge in [-0.05, 0) is 31.0 Å². The first-order valence-electron chi connectivity index (χ1n) is 8.10. The van der Waals surface area contributed by atoms with Crippen LogP contribution in [-0.2, 0) is 6.54 Å². The van der Waals surface area contributed by atoms with Gasteiger partial charge in [0.25, 0.3) is 0 Å². The average Bonchev–Trinajstić information content (AvgIpc) is 2.62. The summed E-state index contributed by atoms with van der Waals surface area (Å²) in [4.78, 5) is 17.7. The maximum Gasteiger partial charge on any atom is 0.315 e. The molecule has 0 saturated heterocycles. The number of thioether (sulfide) groups is 1. The van der Waals surface area contributed by atoms with Crippen molar-refractivity contribution in [2.45, 2.75) is 30.8 Å². The summed E-state index contributed by atoms with van der Waals surface area (Å²) in [6.07, 6.45) is 2.62. The van der Waals surface area contributed by atoms with E-state index in [0.717, 1.165) is 17.7 Å². The Morgan fingerprint density at radius 2 is 2.21 bits per heavy atom. The molecule has 0 bridgehead atoms. The molecule has 0 fully saturated rings. The highest BCUT2D eigenvalue weighted by Gasteiger charge is 2.21. The number of nitrogens with zero attached hydrogens (tertiary/aromatic N) is 1. The first-order chi connectivity index (χ1) is 11.8. The molecule has 2 aromatic rings. The first kappa shape index (κ1) is 16.6. The van der Waals surface area contributed by atoms with Crippen molar-refractivity contribution in [3.63, 3.8) is 0 Å². The number of rotatable bonds is 5. The predicted molar refractivity (Wildman–Crippen MR) is 95.3 cm³/mol. The third-order valence-electron chi connectivity index (χ3n) is 3.83. The van der Waals surface area contributed by atoms with E-state index >= 15 is 0 Å². The molecule has 2 amide bonds. The number of amides is 2. The Hall–Kier alpha value is -2.21. The Morgan fingerprint density at radius 3 is 3.08 bits per heavy atom. The lowest BCUT2D eigenvalue weighted by molar-refractivity contribution is 0.236. The lowest BCUT2D eigenvalue weighted by Gasteiger charge is -2.26. The van der Waals surface area contributed by atoms with Gasteiger partial charge in [0.05, 0.1) is 12.6 Å². The van der Waals surface area contributed by atoms with Crippen LogP contribution >= 0.6 is 11.8 Å². The normalized spacial score (nSPS) is 16.1. The minimum atomic E-state index is -0.173. The highest BCUT2D eigenvalue weighted by atomic mass is 32.2. The third kappa shape index (κ3) is 4.00. The molecule has 1 aliphatic rings. The molecule has 6 heteroatoms. The van der Waals surface area contributed by atoms with E-state index in [2.05, 4.69) is 27.8 Å². The van der Waals surface area contributed by atoms with Gasteiger partial charge in [0, 0.05) is 29.0 Å². The smallest absolute Gasteiger partial charge is 0.315 e. The molecule has 0 spiro atoms. The number of nitrogens with one attached hydrogen (secondary N) is 2. The number of urea groups is 1. The predicted octanol–water partition coefficient (Wildman–Crippen LogP) is 3.52. The Kier molecular flexibility index (Phi) is 5.59. The second kappa shape index (κ2) is 8.06. The van der Waals surface area contributed by atoms with E-state index in [-0.39, 0.29) is 12.1 Å². The van der Waals surface area contributed by atoms with E-state index in [0.29, 0.717) is 19.0 Å². The third-order valence-corrected chi connectivity index (χ3v) is 4.96. The number of carbonyl (C=O) groups is 1. The fourth-order valence-corrected chi connectivity index (χ4v) is 3.83. The number of benzene rings is 1. The zero-order valence-corrected chi connectivity index (χ0v) is 14.4. The molecule has 0 saturated carbocycles. The summed E-state index contributed by atoms with van der Waals surface area (Å²) in [6, 6.07) is 11.9. The van der Waals surface area contributed by atoms with Gasteiger partial charge in [0.1, 0.15) is 0 Å². The highest BCUT2D eigenvalue weighted by molar-refractivity contribution is 7.99. The molecular formula is C18H21N3O2S. The van der Waals surface area contributed by atoms with E-state index < -0.39 is 0 Å². The Morgan fingerprint density at radius 1 is 1.33 bits per heavy atom. The topological polar surface area (TPSA) is 63.2 Å². The summed E-state index contributed by atoms with van der Waals surface area (Å²) in [5.74, 6) is 1.58. The maximum absolute atomic E-state index is 12.3. The molecule has 1 aromatic heterocycles. The molecule has 1 aromatic carbocycles. The van der Waals surface area contributed by atoms with E-state index in [1.165, 1.54) is 10.5 Å². The van der Waals surface area contributed by atoms with E-state index in [9.17, 15) is 4.79 Å². The average molecular weight is 343 g/mol. The van der Waals surface area contributed by atoms with Gasteiger partial charge in [0.15, 0.2) is 0 Å². The molecular weight excluding hydrogens is 322 g/mol. The molecule has 3 rings (SSSR count). The van der Waals surface area contributed by atoms with E-state index in [4.69, 9.17) is 4.74 Å². The van der Waals surface area contributed by atoms with Crippen molar-refractivity contribution in [1.82, 2.24) is 15.6 Å². The maximum atomic E-state index is 12.3. The summed E-state index contributed by atoms with van der Waals surface area (Å²) in [5.41, 5.74) is 2.06. The lowest BCUT2D eigenvalue weighted by Crippen LogP contribution is -2.38. The van der Waals surface area contributed by atoms with Gasteiger partial charge in [-0.15, -0.1) is 11.8 Å². The molecule has 0 aliphatic carbocycles. The van der Waals surface area contributed by atoms with Crippen molar-refractivity contribution in [3.8, 4) is 5.88 Å². The summed E-state index contributed by atoms with van der Waals surface area (Å²) < 4.78 is 5.48. The van der Waals surface area contributed by atoms with Crippen molar-refractivity contribution in [3.05, 3.63) is 53.7 Å². The molecule has 0 unspecified atom stereocenters. The lowest BCUT2D eigenvalue weighted by atomic mass is 10.0. The molecule has 2 N–H and O–H groups in total. The second-order valence-electron chi connectivity index (χ2n) is 5.46. The first-order valence-corrected chi connectivity index (χ1v) is 9.09. The fourth-order valence-electron chi connectivity index (χ4n) is 2.70. The van der Waals surface area contributed by atoms with Crippen LogP contribution < -0.4 is 15.4 Å². The molecule has 1 aliphatic heterocycles. The van der Waals surface area contributed by atoms with Crippen LogP contribution in [0.4, 0.5) is 4.79 Å². The summed E-state index contributed by atoms with van der Waals surface area (Å²) in [5, 5.41) is 5.97. The Bertz CT molecular complexity index is 708. The zero-order chi connectivity index (χ0) is 16.8. The van der Waals surface area contributed by atoms with Crippen molar-refractivity contribution >= 4 is 17.8 Å². The van der Waals surface area contributed by atoms with Crippen LogP contribution in [0.2, 0.25) is 0 Å². The Labute approximate surface area is 146 Å². The summed E-state index contributed by atoms with van der Waals surface area (Å²) >= 11 is 1.84. The van der Waals surface area contributed by atoms with Crippen LogP contribution in [0.5, 0.6) is 5.88 Å². The van der Waals surface area contributed by atoms with Crippen LogP contribution in [0, 0.1) is 0 Å². The zero-order valence-electron chi connectivity index (χ0n) is 13.6. The molecule has 24 heavy (non-hydrogen) atoms. The van der Waals surface area contributed by atoms with Gasteiger partial charge in [-0.25, -0.2) is 9.78 Å². The van der Waals surface area contributed by atoms with Gasteiger partial charge < -0.3 is 15.4 Å². The van der Waals surface area contributed by atoms with Gasteiger partial charge in [-0.2, -0.15) is 0 Å². The molecule has 1 atom stereocenters. The largest absolute Gasteiger partial charge is 0.478 e. The van der Waals surface area contributed by atoms with Crippen LogP contribution in [-0.4, -0.2) is 23.4 Å². The van der Waals surface area contributed by atoms with Crippen LogP contribution in [0.3, 0.4) is 0 Å². The standard InChI is InChI=1S/C18H21N3O2S/c1-2-23-17-13(6-5-10-19-17)12-20-18(22)21-15-9-11-24-16-8-4-3-7-14(15)16/h3-8,10,15H,2,9,11-12H2,1H3,(H2,20,21,22)/t15-/m0/s1. The molecule has 2 heterocycles. The van der Waals surface area contributed by atoms with Gasteiger partial charge >= 0.3 is 6.03 Å². The number of hydrogen-bond donors (Lipinski definition) is 2.